The number of hydrogen-bond acceptors (Lipinski definition) is 4. The summed E-state index contributed by atoms with van der Waals surface area (Å²) in [6, 6.07) is 18.0. The molecule has 1 heterocycles. The number of unbranched alkanes of at least 4 members (excludes halogenated alkanes) is 1. The van der Waals surface area contributed by atoms with Gasteiger partial charge in [0.15, 0.2) is 5.78 Å². The van der Waals surface area contributed by atoms with Gasteiger partial charge in [0.2, 0.25) is 0 Å². The number of carbonyl (C=O) groups excluding carboxylic acids is 1. The molecular formula is C26H36N2O2. The Balaban J connectivity index is 0.000000461. The third-order valence-electron chi connectivity index (χ3n) is 6.45. The van der Waals surface area contributed by atoms with Gasteiger partial charge in [-0.2, -0.15) is 0 Å². The molecule has 1 aliphatic heterocycles. The Bertz CT molecular complexity index is 796. The number of ketones is 1. The smallest absolute Gasteiger partial charge is 0.167 e. The van der Waals surface area contributed by atoms with Gasteiger partial charge in [-0.05, 0) is 49.8 Å². The monoisotopic (exact) mass is 408 g/mol. The summed E-state index contributed by atoms with van der Waals surface area (Å²) in [6.45, 7) is 5.48. The van der Waals surface area contributed by atoms with Gasteiger partial charge in [-0.1, -0.05) is 67.9 Å². The Hall–Kier alpha value is -2.01. The number of Topliss-reactive ketones (excluding diaryl/α,β-unsaturated/α-hetero) is 1. The molecule has 3 N–H and O–H groups in total. The average Bonchev–Trinajstić information content (AvgIpc) is 2.79. The van der Waals surface area contributed by atoms with E-state index in [0.717, 1.165) is 63.0 Å². The van der Waals surface area contributed by atoms with Crippen LogP contribution in [0.2, 0.25) is 0 Å². The molecule has 0 radical (unpaired) electrons. The van der Waals surface area contributed by atoms with Gasteiger partial charge in [-0.15, -0.1) is 0 Å². The maximum absolute atomic E-state index is 12.8. The summed E-state index contributed by atoms with van der Waals surface area (Å²) in [6.07, 6.45) is 5.78. The average molecular weight is 409 g/mol. The number of hydrogen-bond donors (Lipinski definition) is 2. The minimum atomic E-state index is -0.721. The van der Waals surface area contributed by atoms with Gasteiger partial charge < -0.3 is 15.7 Å². The second-order valence-corrected chi connectivity index (χ2v) is 8.60. The number of rotatable bonds is 5. The summed E-state index contributed by atoms with van der Waals surface area (Å²) in [4.78, 5) is 15.1. The highest BCUT2D eigenvalue weighted by atomic mass is 16.3. The molecule has 1 aliphatic carbocycles. The summed E-state index contributed by atoms with van der Waals surface area (Å²) in [5.74, 6) is 0.392. The fraction of sp³-hybridized carbons (Fsp3) is 0.500. The molecule has 1 unspecified atom stereocenters. The van der Waals surface area contributed by atoms with Crippen molar-refractivity contribution in [3.8, 4) is 0 Å². The first kappa shape index (κ1) is 22.7. The standard InChI is InChI=1S/C22H25NO2.C4H11N/c24-21-18(11-10-17-6-4-5-9-20(17)21)16-23-14-12-22(25,13-15-23)19-7-2-1-3-8-19;1-2-3-4-5/h1-9,18,25H,10-16H2;2-5H2,1H3. The quantitative estimate of drug-likeness (QED) is 0.780. The topological polar surface area (TPSA) is 66.6 Å². The van der Waals surface area contributed by atoms with Gasteiger partial charge in [0.05, 0.1) is 5.60 Å². The summed E-state index contributed by atoms with van der Waals surface area (Å²) >= 11 is 0. The summed E-state index contributed by atoms with van der Waals surface area (Å²) < 4.78 is 0. The second-order valence-electron chi connectivity index (χ2n) is 8.60. The van der Waals surface area contributed by atoms with Crippen LogP contribution < -0.4 is 5.73 Å². The van der Waals surface area contributed by atoms with Gasteiger partial charge in [-0.25, -0.2) is 0 Å². The van der Waals surface area contributed by atoms with Crippen molar-refractivity contribution in [3.63, 3.8) is 0 Å². The molecule has 4 heteroatoms. The van der Waals surface area contributed by atoms with E-state index < -0.39 is 5.60 Å². The normalized spacial score (nSPS) is 20.8. The predicted octanol–water partition coefficient (Wildman–Crippen LogP) is 4.16. The summed E-state index contributed by atoms with van der Waals surface area (Å²) in [7, 11) is 0. The second kappa shape index (κ2) is 10.9. The Labute approximate surface area is 181 Å². The van der Waals surface area contributed by atoms with Gasteiger partial charge in [0.1, 0.15) is 0 Å². The van der Waals surface area contributed by atoms with Crippen LogP contribution in [-0.2, 0) is 12.0 Å². The Kier molecular flexibility index (Phi) is 8.20. The van der Waals surface area contributed by atoms with Crippen LogP contribution >= 0.6 is 0 Å². The van der Waals surface area contributed by atoms with E-state index in [9.17, 15) is 9.90 Å². The zero-order chi connectivity index (χ0) is 21.4. The number of aliphatic hydroxyl groups is 1. The first-order chi connectivity index (χ1) is 14.6. The molecule has 1 fully saturated rings. The lowest BCUT2D eigenvalue weighted by atomic mass is 9.81. The maximum Gasteiger partial charge on any atom is 0.167 e. The molecule has 1 atom stereocenters. The zero-order valence-electron chi connectivity index (χ0n) is 18.2. The third-order valence-corrected chi connectivity index (χ3v) is 6.45. The molecule has 0 saturated carbocycles. The molecule has 2 aromatic rings. The summed E-state index contributed by atoms with van der Waals surface area (Å²) in [5.41, 5.74) is 7.54. The van der Waals surface area contributed by atoms with Crippen LogP contribution in [0.15, 0.2) is 54.6 Å². The van der Waals surface area contributed by atoms with Crippen molar-refractivity contribution in [2.45, 2.75) is 51.0 Å². The van der Waals surface area contributed by atoms with Crippen LogP contribution in [0, 0.1) is 5.92 Å². The fourth-order valence-electron chi connectivity index (χ4n) is 4.49. The highest BCUT2D eigenvalue weighted by Gasteiger charge is 2.36. The molecule has 4 rings (SSSR count). The number of carbonyl (C=O) groups is 1. The van der Waals surface area contributed by atoms with Crippen molar-refractivity contribution in [1.29, 1.82) is 0 Å². The van der Waals surface area contributed by atoms with Crippen LogP contribution in [0.5, 0.6) is 0 Å². The lowest BCUT2D eigenvalue weighted by molar-refractivity contribution is -0.0283. The Morgan fingerprint density at radius 1 is 1.07 bits per heavy atom. The molecular weight excluding hydrogens is 372 g/mol. The Morgan fingerprint density at radius 2 is 1.73 bits per heavy atom. The first-order valence-electron chi connectivity index (χ1n) is 11.4. The molecule has 2 aliphatic rings. The molecule has 30 heavy (non-hydrogen) atoms. The van der Waals surface area contributed by atoms with Crippen LogP contribution in [0.25, 0.3) is 0 Å². The molecule has 0 amide bonds. The van der Waals surface area contributed by atoms with Crippen molar-refractivity contribution in [2.24, 2.45) is 11.7 Å². The predicted molar refractivity (Wildman–Crippen MR) is 123 cm³/mol. The molecule has 0 bridgehead atoms. The van der Waals surface area contributed by atoms with Crippen LogP contribution in [-0.4, -0.2) is 42.0 Å². The Morgan fingerprint density at radius 3 is 2.37 bits per heavy atom. The summed E-state index contributed by atoms with van der Waals surface area (Å²) in [5, 5.41) is 11.0. The van der Waals surface area contributed by atoms with E-state index in [1.54, 1.807) is 0 Å². The lowest BCUT2D eigenvalue weighted by Crippen LogP contribution is -2.45. The third kappa shape index (κ3) is 5.57. The van der Waals surface area contributed by atoms with Crippen molar-refractivity contribution >= 4 is 5.78 Å². The molecule has 1 saturated heterocycles. The number of benzene rings is 2. The van der Waals surface area contributed by atoms with Crippen molar-refractivity contribution < 1.29 is 9.90 Å². The molecule has 0 aromatic heterocycles. The van der Waals surface area contributed by atoms with Gasteiger partial charge >= 0.3 is 0 Å². The van der Waals surface area contributed by atoms with E-state index in [1.807, 2.05) is 48.5 Å². The fourth-order valence-corrected chi connectivity index (χ4v) is 4.49. The highest BCUT2D eigenvalue weighted by Crippen LogP contribution is 2.34. The number of nitrogens with zero attached hydrogens (tertiary/aromatic N) is 1. The minimum absolute atomic E-state index is 0.0952. The molecule has 2 aromatic carbocycles. The van der Waals surface area contributed by atoms with Gasteiger partial charge in [0, 0.05) is 31.1 Å². The largest absolute Gasteiger partial charge is 0.385 e. The highest BCUT2D eigenvalue weighted by molar-refractivity contribution is 6.00. The number of piperidine rings is 1. The SMILES string of the molecule is CCCCN.O=C1c2ccccc2CCC1CN1CCC(O)(c2ccccc2)CC1. The number of nitrogens with two attached hydrogens (primary N) is 1. The van der Waals surface area contributed by atoms with E-state index in [1.165, 1.54) is 18.4 Å². The first-order valence-corrected chi connectivity index (χ1v) is 11.4. The lowest BCUT2D eigenvalue weighted by Gasteiger charge is -2.40. The number of fused-ring (bicyclic) bond motifs is 1. The number of aryl methyl sites for hydroxylation is 1. The van der Waals surface area contributed by atoms with Gasteiger partial charge in [0.25, 0.3) is 0 Å². The maximum atomic E-state index is 12.8. The van der Waals surface area contributed by atoms with Crippen molar-refractivity contribution in [1.82, 2.24) is 4.90 Å². The molecule has 4 nitrogen and oxygen atoms in total. The molecule has 0 spiro atoms. The number of likely N-dealkylation sites (tertiary alicyclic amines) is 1. The van der Waals surface area contributed by atoms with Crippen molar-refractivity contribution in [3.05, 3.63) is 71.3 Å². The van der Waals surface area contributed by atoms with E-state index in [0.29, 0.717) is 5.78 Å². The van der Waals surface area contributed by atoms with Crippen molar-refractivity contribution in [2.75, 3.05) is 26.2 Å². The zero-order valence-corrected chi connectivity index (χ0v) is 18.2. The van der Waals surface area contributed by atoms with E-state index in [4.69, 9.17) is 5.73 Å². The van der Waals surface area contributed by atoms with Crippen LogP contribution in [0.1, 0.15) is 60.5 Å². The minimum Gasteiger partial charge on any atom is -0.385 e. The van der Waals surface area contributed by atoms with E-state index in [2.05, 4.69) is 17.9 Å². The van der Waals surface area contributed by atoms with E-state index in [-0.39, 0.29) is 5.92 Å². The van der Waals surface area contributed by atoms with Crippen LogP contribution in [0.3, 0.4) is 0 Å². The van der Waals surface area contributed by atoms with Gasteiger partial charge in [-0.3, -0.25) is 4.79 Å². The van der Waals surface area contributed by atoms with E-state index >= 15 is 0 Å². The molecule has 162 valence electrons. The van der Waals surface area contributed by atoms with Crippen LogP contribution in [0.4, 0.5) is 0 Å².